The average molecular weight is 235 g/mol. The Labute approximate surface area is 100 Å². The quantitative estimate of drug-likeness (QED) is 0.453. The van der Waals surface area contributed by atoms with Gasteiger partial charge in [-0.15, -0.1) is 0 Å². The van der Waals surface area contributed by atoms with Gasteiger partial charge < -0.3 is 20.9 Å². The molecule has 1 heterocycles. The van der Waals surface area contributed by atoms with Gasteiger partial charge in [-0.05, 0) is 37.0 Å². The first-order valence-electron chi connectivity index (χ1n) is 5.69. The van der Waals surface area contributed by atoms with Crippen molar-refractivity contribution < 1.29 is 9.47 Å². The SMILES string of the molecule is NC(N)=NCCCCc1ccc2c(c1)OCO2. The zero-order valence-electron chi connectivity index (χ0n) is 9.69. The van der Waals surface area contributed by atoms with Gasteiger partial charge in [-0.25, -0.2) is 0 Å². The summed E-state index contributed by atoms with van der Waals surface area (Å²) in [6.45, 7) is 1.01. The Hall–Kier alpha value is -1.91. The molecule has 1 aliphatic heterocycles. The zero-order chi connectivity index (χ0) is 12.1. The molecule has 0 unspecified atom stereocenters. The highest BCUT2D eigenvalue weighted by Crippen LogP contribution is 2.32. The molecule has 0 aromatic heterocycles. The second-order valence-corrected chi connectivity index (χ2v) is 3.95. The first kappa shape index (κ1) is 11.6. The number of aryl methyl sites for hydroxylation is 1. The van der Waals surface area contributed by atoms with E-state index in [1.807, 2.05) is 12.1 Å². The number of nitrogens with two attached hydrogens (primary N) is 2. The van der Waals surface area contributed by atoms with Crippen LogP contribution >= 0.6 is 0 Å². The van der Waals surface area contributed by atoms with E-state index in [0.29, 0.717) is 13.3 Å². The fourth-order valence-electron chi connectivity index (χ4n) is 1.75. The van der Waals surface area contributed by atoms with Gasteiger partial charge in [0.05, 0.1) is 0 Å². The third-order valence-corrected chi connectivity index (χ3v) is 2.60. The summed E-state index contributed by atoms with van der Waals surface area (Å²) in [6, 6.07) is 6.05. The third-order valence-electron chi connectivity index (χ3n) is 2.60. The summed E-state index contributed by atoms with van der Waals surface area (Å²) in [5, 5.41) is 0. The fourth-order valence-corrected chi connectivity index (χ4v) is 1.75. The van der Waals surface area contributed by atoms with Crippen LogP contribution in [0, 0.1) is 0 Å². The third kappa shape index (κ3) is 3.27. The average Bonchev–Trinajstić information content (AvgIpc) is 2.75. The molecule has 1 aromatic carbocycles. The Kier molecular flexibility index (Phi) is 3.69. The highest BCUT2D eigenvalue weighted by molar-refractivity contribution is 5.75. The molecule has 5 nitrogen and oxygen atoms in total. The minimum atomic E-state index is 0.160. The molecule has 5 heteroatoms. The number of rotatable bonds is 5. The van der Waals surface area contributed by atoms with Crippen LogP contribution in [-0.2, 0) is 6.42 Å². The minimum absolute atomic E-state index is 0.160. The Balaban J connectivity index is 1.78. The van der Waals surface area contributed by atoms with E-state index in [0.717, 1.165) is 30.8 Å². The van der Waals surface area contributed by atoms with Crippen molar-refractivity contribution in [2.24, 2.45) is 16.5 Å². The molecule has 17 heavy (non-hydrogen) atoms. The van der Waals surface area contributed by atoms with Crippen molar-refractivity contribution in [3.8, 4) is 11.5 Å². The van der Waals surface area contributed by atoms with Crippen LogP contribution in [0.5, 0.6) is 11.5 Å². The maximum atomic E-state index is 5.32. The lowest BCUT2D eigenvalue weighted by atomic mass is 10.1. The number of fused-ring (bicyclic) bond motifs is 1. The van der Waals surface area contributed by atoms with E-state index in [1.54, 1.807) is 0 Å². The molecule has 0 amide bonds. The second-order valence-electron chi connectivity index (χ2n) is 3.95. The van der Waals surface area contributed by atoms with Gasteiger partial charge in [0, 0.05) is 6.54 Å². The predicted molar refractivity (Wildman–Crippen MR) is 66.2 cm³/mol. The molecular weight excluding hydrogens is 218 g/mol. The lowest BCUT2D eigenvalue weighted by Gasteiger charge is -2.02. The highest BCUT2D eigenvalue weighted by Gasteiger charge is 2.12. The van der Waals surface area contributed by atoms with Crippen LogP contribution in [0.15, 0.2) is 23.2 Å². The predicted octanol–water partition coefficient (Wildman–Crippen LogP) is 1.01. The lowest BCUT2D eigenvalue weighted by Crippen LogP contribution is -2.22. The number of benzene rings is 1. The minimum Gasteiger partial charge on any atom is -0.454 e. The molecule has 1 aromatic rings. The number of nitrogens with zero attached hydrogens (tertiary/aromatic N) is 1. The number of guanidine groups is 1. The maximum absolute atomic E-state index is 5.32. The van der Waals surface area contributed by atoms with E-state index >= 15 is 0 Å². The van der Waals surface area contributed by atoms with Crippen LogP contribution in [0.2, 0.25) is 0 Å². The van der Waals surface area contributed by atoms with Crippen LogP contribution in [0.3, 0.4) is 0 Å². The molecule has 0 aliphatic carbocycles. The van der Waals surface area contributed by atoms with Crippen LogP contribution in [0.1, 0.15) is 18.4 Å². The molecule has 4 N–H and O–H groups in total. The van der Waals surface area contributed by atoms with Gasteiger partial charge >= 0.3 is 0 Å². The summed E-state index contributed by atoms with van der Waals surface area (Å²) in [5.41, 5.74) is 11.7. The van der Waals surface area contributed by atoms with E-state index in [2.05, 4.69) is 11.1 Å². The summed E-state index contributed by atoms with van der Waals surface area (Å²) < 4.78 is 10.6. The van der Waals surface area contributed by atoms with Gasteiger partial charge in [-0.2, -0.15) is 0 Å². The normalized spacial score (nSPS) is 12.5. The van der Waals surface area contributed by atoms with Gasteiger partial charge in [0.1, 0.15) is 0 Å². The van der Waals surface area contributed by atoms with Crippen molar-refractivity contribution in [1.82, 2.24) is 0 Å². The summed E-state index contributed by atoms with van der Waals surface area (Å²) >= 11 is 0. The van der Waals surface area contributed by atoms with Gasteiger partial charge in [-0.3, -0.25) is 4.99 Å². The van der Waals surface area contributed by atoms with Crippen LogP contribution in [0.25, 0.3) is 0 Å². The summed E-state index contributed by atoms with van der Waals surface area (Å²) in [4.78, 5) is 3.94. The Morgan fingerprint density at radius 3 is 2.82 bits per heavy atom. The second kappa shape index (κ2) is 5.43. The largest absolute Gasteiger partial charge is 0.454 e. The van der Waals surface area contributed by atoms with Gasteiger partial charge in [0.25, 0.3) is 0 Å². The summed E-state index contributed by atoms with van der Waals surface area (Å²) in [5.74, 6) is 1.83. The first-order chi connectivity index (χ1) is 8.25. The molecule has 0 atom stereocenters. The molecule has 92 valence electrons. The van der Waals surface area contributed by atoms with Crippen molar-refractivity contribution >= 4 is 5.96 Å². The first-order valence-corrected chi connectivity index (χ1v) is 5.69. The summed E-state index contributed by atoms with van der Waals surface area (Å²) in [6.07, 6.45) is 3.03. The molecular formula is C12H17N3O2. The van der Waals surface area contributed by atoms with E-state index in [4.69, 9.17) is 20.9 Å². The van der Waals surface area contributed by atoms with Crippen LogP contribution in [-0.4, -0.2) is 19.3 Å². The molecule has 0 radical (unpaired) electrons. The maximum Gasteiger partial charge on any atom is 0.231 e. The van der Waals surface area contributed by atoms with Crippen molar-refractivity contribution in [2.75, 3.05) is 13.3 Å². The topological polar surface area (TPSA) is 82.9 Å². The van der Waals surface area contributed by atoms with E-state index < -0.39 is 0 Å². The Bertz CT molecular complexity index is 414. The van der Waals surface area contributed by atoms with E-state index in [9.17, 15) is 0 Å². The monoisotopic (exact) mass is 235 g/mol. The number of hydrogen-bond donors (Lipinski definition) is 2. The molecule has 2 rings (SSSR count). The molecule has 0 spiro atoms. The zero-order valence-corrected chi connectivity index (χ0v) is 9.69. The van der Waals surface area contributed by atoms with Crippen molar-refractivity contribution in [2.45, 2.75) is 19.3 Å². The molecule has 0 bridgehead atoms. The lowest BCUT2D eigenvalue weighted by molar-refractivity contribution is 0.174. The van der Waals surface area contributed by atoms with Crippen molar-refractivity contribution in [1.29, 1.82) is 0 Å². The van der Waals surface area contributed by atoms with E-state index in [-0.39, 0.29) is 5.96 Å². The van der Waals surface area contributed by atoms with Crippen LogP contribution in [0.4, 0.5) is 0 Å². The Morgan fingerprint density at radius 2 is 2.00 bits per heavy atom. The number of unbranched alkanes of at least 4 members (excludes halogenated alkanes) is 1. The standard InChI is InChI=1S/C12H17N3O2/c13-12(14)15-6-2-1-3-9-4-5-10-11(7-9)17-8-16-10/h4-5,7H,1-3,6,8H2,(H4,13,14,15). The fraction of sp³-hybridized carbons (Fsp3) is 0.417. The Morgan fingerprint density at radius 1 is 1.18 bits per heavy atom. The van der Waals surface area contributed by atoms with E-state index in [1.165, 1.54) is 5.56 Å². The molecule has 0 saturated heterocycles. The van der Waals surface area contributed by atoms with Gasteiger partial charge in [0.15, 0.2) is 17.5 Å². The number of hydrogen-bond acceptors (Lipinski definition) is 3. The number of ether oxygens (including phenoxy) is 2. The molecule has 1 aliphatic rings. The number of aliphatic imine (C=N–C) groups is 1. The van der Waals surface area contributed by atoms with Crippen LogP contribution < -0.4 is 20.9 Å². The molecule has 0 saturated carbocycles. The van der Waals surface area contributed by atoms with Gasteiger partial charge in [-0.1, -0.05) is 6.07 Å². The molecule has 0 fully saturated rings. The summed E-state index contributed by atoms with van der Waals surface area (Å²) in [7, 11) is 0. The smallest absolute Gasteiger partial charge is 0.231 e. The van der Waals surface area contributed by atoms with Gasteiger partial charge in [0.2, 0.25) is 6.79 Å². The van der Waals surface area contributed by atoms with Crippen molar-refractivity contribution in [3.63, 3.8) is 0 Å². The van der Waals surface area contributed by atoms with Crippen molar-refractivity contribution in [3.05, 3.63) is 23.8 Å². The highest BCUT2D eigenvalue weighted by atomic mass is 16.7.